The molecule has 0 aromatic rings. The fraction of sp³-hybridized carbons (Fsp3) is 1.00. The molecule has 0 amide bonds. The molecule has 0 radical (unpaired) electrons. The summed E-state index contributed by atoms with van der Waals surface area (Å²) in [5.74, 6) is 0.635. The summed E-state index contributed by atoms with van der Waals surface area (Å²) >= 11 is 0. The summed E-state index contributed by atoms with van der Waals surface area (Å²) in [4.78, 5) is 0. The molecule has 0 aliphatic carbocycles. The van der Waals surface area contributed by atoms with Gasteiger partial charge in [-0.3, -0.25) is 0 Å². The van der Waals surface area contributed by atoms with Gasteiger partial charge in [0.25, 0.3) is 0 Å². The molecule has 1 heteroatoms. The molecule has 0 fully saturated rings. The smallest absolute Gasteiger partial charge is 0.0573 e. The van der Waals surface area contributed by atoms with E-state index in [1.54, 1.807) is 0 Å². The molecule has 0 rings (SSSR count). The van der Waals surface area contributed by atoms with Crippen molar-refractivity contribution in [1.82, 2.24) is 0 Å². The fourth-order valence-electron chi connectivity index (χ4n) is 0.942. The topological polar surface area (TPSA) is 9.23 Å². The second kappa shape index (κ2) is 10.0. The van der Waals surface area contributed by atoms with E-state index in [4.69, 9.17) is 4.74 Å². The Hall–Kier alpha value is -0.0400. The Labute approximate surface area is 84.9 Å². The van der Waals surface area contributed by atoms with Gasteiger partial charge in [0.1, 0.15) is 0 Å². The van der Waals surface area contributed by atoms with Crippen LogP contribution < -0.4 is 0 Å². The first-order chi connectivity index (χ1) is 6.11. The molecule has 0 aliphatic heterocycles. The van der Waals surface area contributed by atoms with E-state index in [0.717, 1.165) is 12.8 Å². The maximum atomic E-state index is 5.81. The Kier molecular flexibility index (Phi) is 11.9. The Balaban J connectivity index is 0. The lowest BCUT2D eigenvalue weighted by Crippen LogP contribution is -2.22. The van der Waals surface area contributed by atoms with E-state index in [1.807, 2.05) is 13.8 Å². The van der Waals surface area contributed by atoms with Crippen LogP contribution in [0.3, 0.4) is 0 Å². The number of hydrogen-bond acceptors (Lipinski definition) is 1. The highest BCUT2D eigenvalue weighted by molar-refractivity contribution is 4.59. The molecule has 0 heterocycles. The van der Waals surface area contributed by atoms with Crippen LogP contribution >= 0.6 is 0 Å². The minimum atomic E-state index is 0.403. The lowest BCUT2D eigenvalue weighted by Gasteiger charge is -2.22. The Bertz CT molecular complexity index is 85.1. The van der Waals surface area contributed by atoms with Crippen LogP contribution in [0.5, 0.6) is 0 Å². The van der Waals surface area contributed by atoms with Gasteiger partial charge in [0.15, 0.2) is 0 Å². The molecule has 1 nitrogen and oxygen atoms in total. The van der Waals surface area contributed by atoms with Crippen LogP contribution in [0.15, 0.2) is 0 Å². The molecule has 0 aromatic carbocycles. The van der Waals surface area contributed by atoms with Crippen LogP contribution in [0.25, 0.3) is 0 Å². The maximum Gasteiger partial charge on any atom is 0.0573 e. The molecule has 0 aliphatic rings. The second-order valence-electron chi connectivity index (χ2n) is 3.52. The van der Waals surface area contributed by atoms with Crippen molar-refractivity contribution in [1.29, 1.82) is 0 Å². The minimum absolute atomic E-state index is 0.403. The van der Waals surface area contributed by atoms with Gasteiger partial charge in [-0.25, -0.2) is 0 Å². The van der Waals surface area contributed by atoms with Gasteiger partial charge in [0.05, 0.1) is 12.2 Å². The summed E-state index contributed by atoms with van der Waals surface area (Å²) < 4.78 is 5.81. The standard InChI is InChI=1S/C10H22O.C2H6/c1-6-10(7-2)11-9(5)8(3)4;1-2/h8-10H,6-7H2,1-5H3;1-2H3. The van der Waals surface area contributed by atoms with Crippen molar-refractivity contribution >= 4 is 0 Å². The summed E-state index contributed by atoms with van der Waals surface area (Å²) in [7, 11) is 0. The quantitative estimate of drug-likeness (QED) is 0.626. The van der Waals surface area contributed by atoms with E-state index in [0.29, 0.717) is 18.1 Å². The summed E-state index contributed by atoms with van der Waals surface area (Å²) in [5, 5.41) is 0. The van der Waals surface area contributed by atoms with Crippen molar-refractivity contribution in [3.05, 3.63) is 0 Å². The average molecular weight is 188 g/mol. The zero-order valence-corrected chi connectivity index (χ0v) is 10.6. The highest BCUT2D eigenvalue weighted by Gasteiger charge is 2.11. The van der Waals surface area contributed by atoms with Gasteiger partial charge in [-0.15, -0.1) is 0 Å². The highest BCUT2D eigenvalue weighted by atomic mass is 16.5. The number of ether oxygens (including phenoxy) is 1. The Morgan fingerprint density at radius 1 is 0.923 bits per heavy atom. The summed E-state index contributed by atoms with van der Waals surface area (Å²) in [5.41, 5.74) is 0. The Morgan fingerprint density at radius 3 is 1.54 bits per heavy atom. The van der Waals surface area contributed by atoms with Crippen molar-refractivity contribution in [2.45, 2.75) is 73.5 Å². The molecule has 82 valence electrons. The minimum Gasteiger partial charge on any atom is -0.375 e. The molecule has 0 saturated heterocycles. The molecule has 13 heavy (non-hydrogen) atoms. The summed E-state index contributed by atoms with van der Waals surface area (Å²) in [6.45, 7) is 14.9. The van der Waals surface area contributed by atoms with Crippen LogP contribution in [0.4, 0.5) is 0 Å². The lowest BCUT2D eigenvalue weighted by atomic mass is 10.1. The number of rotatable bonds is 5. The lowest BCUT2D eigenvalue weighted by molar-refractivity contribution is -0.0281. The van der Waals surface area contributed by atoms with E-state index in [9.17, 15) is 0 Å². The molecule has 0 saturated carbocycles. The summed E-state index contributed by atoms with van der Waals surface area (Å²) in [6, 6.07) is 0. The molecular weight excluding hydrogens is 160 g/mol. The van der Waals surface area contributed by atoms with Crippen molar-refractivity contribution in [3.8, 4) is 0 Å². The van der Waals surface area contributed by atoms with E-state index in [1.165, 1.54) is 0 Å². The normalized spacial score (nSPS) is 12.7. The Morgan fingerprint density at radius 2 is 1.31 bits per heavy atom. The van der Waals surface area contributed by atoms with E-state index in [2.05, 4.69) is 34.6 Å². The van der Waals surface area contributed by atoms with Crippen LogP contribution in [-0.2, 0) is 4.74 Å². The largest absolute Gasteiger partial charge is 0.375 e. The van der Waals surface area contributed by atoms with Crippen molar-refractivity contribution in [2.75, 3.05) is 0 Å². The van der Waals surface area contributed by atoms with Gasteiger partial charge < -0.3 is 4.74 Å². The van der Waals surface area contributed by atoms with E-state index in [-0.39, 0.29) is 0 Å². The van der Waals surface area contributed by atoms with Crippen molar-refractivity contribution in [2.24, 2.45) is 5.92 Å². The molecule has 0 aromatic heterocycles. The third kappa shape index (κ3) is 8.29. The monoisotopic (exact) mass is 188 g/mol. The van der Waals surface area contributed by atoms with Crippen LogP contribution in [0.1, 0.15) is 61.3 Å². The average Bonchev–Trinajstić information content (AvgIpc) is 2.16. The van der Waals surface area contributed by atoms with E-state index < -0.39 is 0 Å². The van der Waals surface area contributed by atoms with Gasteiger partial charge in [0.2, 0.25) is 0 Å². The van der Waals surface area contributed by atoms with Gasteiger partial charge in [-0.2, -0.15) is 0 Å². The first-order valence-electron chi connectivity index (χ1n) is 5.77. The SMILES string of the molecule is CC.CCC(CC)OC(C)C(C)C. The first kappa shape index (κ1) is 15.4. The zero-order valence-electron chi connectivity index (χ0n) is 10.6. The zero-order chi connectivity index (χ0) is 10.9. The van der Waals surface area contributed by atoms with Gasteiger partial charge >= 0.3 is 0 Å². The maximum absolute atomic E-state index is 5.81. The summed E-state index contributed by atoms with van der Waals surface area (Å²) in [6.07, 6.45) is 3.13. The highest BCUT2D eigenvalue weighted by Crippen LogP contribution is 2.12. The van der Waals surface area contributed by atoms with Crippen LogP contribution in [-0.4, -0.2) is 12.2 Å². The third-order valence-electron chi connectivity index (χ3n) is 2.26. The molecule has 1 atom stereocenters. The molecule has 1 unspecified atom stereocenters. The van der Waals surface area contributed by atoms with Gasteiger partial charge in [-0.1, -0.05) is 41.5 Å². The number of hydrogen-bond donors (Lipinski definition) is 0. The van der Waals surface area contributed by atoms with Crippen molar-refractivity contribution in [3.63, 3.8) is 0 Å². The van der Waals surface area contributed by atoms with Crippen molar-refractivity contribution < 1.29 is 4.74 Å². The predicted octanol–water partition coefficient (Wildman–Crippen LogP) is 4.26. The molecule has 0 N–H and O–H groups in total. The van der Waals surface area contributed by atoms with Gasteiger partial charge in [0, 0.05) is 0 Å². The molecule has 0 spiro atoms. The predicted molar refractivity (Wildman–Crippen MR) is 61.1 cm³/mol. The van der Waals surface area contributed by atoms with E-state index >= 15 is 0 Å². The first-order valence-corrected chi connectivity index (χ1v) is 5.77. The molecular formula is C12H28O. The van der Waals surface area contributed by atoms with Crippen LogP contribution in [0.2, 0.25) is 0 Å². The second-order valence-corrected chi connectivity index (χ2v) is 3.52. The van der Waals surface area contributed by atoms with Gasteiger partial charge in [-0.05, 0) is 25.7 Å². The van der Waals surface area contributed by atoms with Crippen LogP contribution in [0, 0.1) is 5.92 Å². The third-order valence-corrected chi connectivity index (χ3v) is 2.26. The molecule has 0 bridgehead atoms. The fourth-order valence-corrected chi connectivity index (χ4v) is 0.942.